The van der Waals surface area contributed by atoms with Gasteiger partial charge in [-0.15, -0.1) is 0 Å². The predicted octanol–water partition coefficient (Wildman–Crippen LogP) is 2.06. The van der Waals surface area contributed by atoms with E-state index < -0.39 is 0 Å². The highest BCUT2D eigenvalue weighted by atomic mass is 16.5. The molecule has 17 heavy (non-hydrogen) atoms. The Kier molecular flexibility index (Phi) is 4.57. The first kappa shape index (κ1) is 13.6. The number of hydrogen-bond donors (Lipinski definition) is 2. The van der Waals surface area contributed by atoms with Crippen molar-refractivity contribution in [1.29, 1.82) is 0 Å². The fraction of sp³-hybridized carbons (Fsp3) is 0.583. The minimum atomic E-state index is -0.268. The summed E-state index contributed by atoms with van der Waals surface area (Å²) in [6.07, 6.45) is 1.31. The Morgan fingerprint density at radius 1 is 1.53 bits per heavy atom. The van der Waals surface area contributed by atoms with Crippen molar-refractivity contribution in [2.45, 2.75) is 32.4 Å². The van der Waals surface area contributed by atoms with Gasteiger partial charge in [0.05, 0.1) is 12.8 Å². The molecule has 1 aromatic heterocycles. The molecule has 1 atom stereocenters. The number of urea groups is 1. The first-order valence-electron chi connectivity index (χ1n) is 5.54. The lowest BCUT2D eigenvalue weighted by molar-refractivity contribution is 0.0847. The zero-order chi connectivity index (χ0) is 12.9. The molecule has 2 N–H and O–H groups in total. The average molecular weight is 240 g/mol. The number of nitrogens with one attached hydrogen (secondary N) is 2. The first-order chi connectivity index (χ1) is 7.92. The molecule has 0 aliphatic carbocycles. The third kappa shape index (κ3) is 4.91. The summed E-state index contributed by atoms with van der Waals surface area (Å²) in [6.45, 7) is 6.14. The van der Waals surface area contributed by atoms with Gasteiger partial charge in [-0.05, 0) is 32.9 Å². The summed E-state index contributed by atoms with van der Waals surface area (Å²) < 4.78 is 10.5. The maximum atomic E-state index is 11.5. The molecule has 0 aliphatic heterocycles. The largest absolute Gasteiger partial charge is 0.467 e. The van der Waals surface area contributed by atoms with Gasteiger partial charge in [0.25, 0.3) is 0 Å². The molecule has 0 saturated carbocycles. The van der Waals surface area contributed by atoms with E-state index in [1.807, 2.05) is 26.8 Å². The van der Waals surface area contributed by atoms with Gasteiger partial charge in [0, 0.05) is 12.6 Å². The van der Waals surface area contributed by atoms with Crippen LogP contribution in [-0.4, -0.2) is 25.2 Å². The number of carbonyl (C=O) groups excluding carboxylic acids is 1. The average Bonchev–Trinajstić information content (AvgIpc) is 2.69. The van der Waals surface area contributed by atoms with Crippen LogP contribution in [0.3, 0.4) is 0 Å². The van der Waals surface area contributed by atoms with Gasteiger partial charge >= 0.3 is 6.03 Å². The van der Waals surface area contributed by atoms with Crippen molar-refractivity contribution in [3.8, 4) is 0 Å². The summed E-state index contributed by atoms with van der Waals surface area (Å²) in [5, 5.41) is 5.55. The molecule has 1 rings (SSSR count). The second-order valence-electron chi connectivity index (χ2n) is 4.82. The van der Waals surface area contributed by atoms with Crippen molar-refractivity contribution in [1.82, 2.24) is 10.6 Å². The zero-order valence-corrected chi connectivity index (χ0v) is 10.7. The fourth-order valence-corrected chi connectivity index (χ4v) is 1.34. The number of carbonyl (C=O) groups is 1. The second kappa shape index (κ2) is 5.72. The van der Waals surface area contributed by atoms with Crippen LogP contribution in [0.4, 0.5) is 4.79 Å². The Balaban J connectivity index is 2.41. The first-order valence-corrected chi connectivity index (χ1v) is 5.54. The lowest BCUT2D eigenvalue weighted by atomic mass is 10.1. The molecule has 0 aliphatic rings. The van der Waals surface area contributed by atoms with Gasteiger partial charge in [0.1, 0.15) is 11.9 Å². The summed E-state index contributed by atoms with van der Waals surface area (Å²) in [4.78, 5) is 11.5. The Labute approximate surface area is 102 Å². The van der Waals surface area contributed by atoms with Gasteiger partial charge in [-0.25, -0.2) is 4.79 Å². The van der Waals surface area contributed by atoms with Gasteiger partial charge in [-0.3, -0.25) is 0 Å². The van der Waals surface area contributed by atoms with Crippen LogP contribution in [0.5, 0.6) is 0 Å². The Bertz CT molecular complexity index is 341. The Morgan fingerprint density at radius 3 is 2.71 bits per heavy atom. The van der Waals surface area contributed by atoms with E-state index in [0.29, 0.717) is 12.3 Å². The maximum absolute atomic E-state index is 11.5. The van der Waals surface area contributed by atoms with E-state index in [2.05, 4.69) is 10.6 Å². The standard InChI is InChI=1S/C12H20N2O3/c1-12(2,3)14-11(15)13-8-10(16-4)9-6-5-7-17-9/h5-7,10H,8H2,1-4H3,(H2,13,14,15)/t10-/m1/s1. The lowest BCUT2D eigenvalue weighted by Crippen LogP contribution is -2.47. The van der Waals surface area contributed by atoms with Crippen LogP contribution < -0.4 is 10.6 Å². The quantitative estimate of drug-likeness (QED) is 0.846. The van der Waals surface area contributed by atoms with Crippen molar-refractivity contribution in [3.63, 3.8) is 0 Å². The molecule has 0 saturated heterocycles. The zero-order valence-electron chi connectivity index (χ0n) is 10.7. The monoisotopic (exact) mass is 240 g/mol. The van der Waals surface area contributed by atoms with Crippen molar-refractivity contribution in [2.24, 2.45) is 0 Å². The Hall–Kier alpha value is -1.49. The molecule has 0 fully saturated rings. The third-order valence-electron chi connectivity index (χ3n) is 2.08. The van der Waals surface area contributed by atoms with E-state index in [1.54, 1.807) is 19.4 Å². The molecule has 0 bridgehead atoms. The number of hydrogen-bond acceptors (Lipinski definition) is 3. The smallest absolute Gasteiger partial charge is 0.315 e. The molecule has 5 heteroatoms. The molecule has 1 aromatic rings. The van der Waals surface area contributed by atoms with Crippen LogP contribution in [-0.2, 0) is 4.74 Å². The van der Waals surface area contributed by atoms with Crippen molar-refractivity contribution in [3.05, 3.63) is 24.2 Å². The van der Waals surface area contributed by atoms with Crippen molar-refractivity contribution >= 4 is 6.03 Å². The molecule has 5 nitrogen and oxygen atoms in total. The third-order valence-corrected chi connectivity index (χ3v) is 2.08. The van der Waals surface area contributed by atoms with Gasteiger partial charge in [-0.1, -0.05) is 0 Å². The number of ether oxygens (including phenoxy) is 1. The predicted molar refractivity (Wildman–Crippen MR) is 64.7 cm³/mol. The van der Waals surface area contributed by atoms with Crippen LogP contribution in [0.25, 0.3) is 0 Å². The van der Waals surface area contributed by atoms with Crippen LogP contribution in [0.15, 0.2) is 22.8 Å². The number of furan rings is 1. The summed E-state index contributed by atoms with van der Waals surface area (Å²) >= 11 is 0. The summed E-state index contributed by atoms with van der Waals surface area (Å²) in [6, 6.07) is 3.39. The van der Waals surface area contributed by atoms with Gasteiger partial charge in [-0.2, -0.15) is 0 Å². The highest BCUT2D eigenvalue weighted by Gasteiger charge is 2.17. The van der Waals surface area contributed by atoms with Crippen LogP contribution in [0.1, 0.15) is 32.6 Å². The molecule has 2 amide bonds. The van der Waals surface area contributed by atoms with E-state index in [0.717, 1.165) is 0 Å². The molecule has 0 spiro atoms. The Morgan fingerprint density at radius 2 is 2.24 bits per heavy atom. The molecular formula is C12H20N2O3. The van der Waals surface area contributed by atoms with Gasteiger partial charge in [0.15, 0.2) is 0 Å². The number of rotatable bonds is 4. The van der Waals surface area contributed by atoms with E-state index in [9.17, 15) is 4.79 Å². The lowest BCUT2D eigenvalue weighted by Gasteiger charge is -2.21. The fourth-order valence-electron chi connectivity index (χ4n) is 1.34. The molecular weight excluding hydrogens is 220 g/mol. The summed E-state index contributed by atoms with van der Waals surface area (Å²) in [5.74, 6) is 0.698. The van der Waals surface area contributed by atoms with Gasteiger partial charge < -0.3 is 19.8 Å². The number of methoxy groups -OCH3 is 1. The van der Waals surface area contributed by atoms with Crippen molar-refractivity contribution in [2.75, 3.05) is 13.7 Å². The minimum Gasteiger partial charge on any atom is -0.467 e. The summed E-state index contributed by atoms with van der Waals surface area (Å²) in [5.41, 5.74) is -0.253. The highest BCUT2D eigenvalue weighted by Crippen LogP contribution is 2.15. The molecule has 0 unspecified atom stereocenters. The van der Waals surface area contributed by atoms with Crippen LogP contribution >= 0.6 is 0 Å². The van der Waals surface area contributed by atoms with E-state index >= 15 is 0 Å². The molecule has 0 radical (unpaired) electrons. The van der Waals surface area contributed by atoms with E-state index in [-0.39, 0.29) is 17.7 Å². The normalized spacial score (nSPS) is 13.2. The number of amides is 2. The SMILES string of the molecule is CO[C@H](CNC(=O)NC(C)(C)C)c1ccco1. The maximum Gasteiger partial charge on any atom is 0.315 e. The van der Waals surface area contributed by atoms with Crippen molar-refractivity contribution < 1.29 is 13.9 Å². The van der Waals surface area contributed by atoms with E-state index in [1.165, 1.54) is 0 Å². The van der Waals surface area contributed by atoms with Gasteiger partial charge in [0.2, 0.25) is 0 Å². The molecule has 1 heterocycles. The van der Waals surface area contributed by atoms with Crippen LogP contribution in [0, 0.1) is 0 Å². The van der Waals surface area contributed by atoms with E-state index in [4.69, 9.17) is 9.15 Å². The molecule has 0 aromatic carbocycles. The highest BCUT2D eigenvalue weighted by molar-refractivity contribution is 5.74. The molecule has 96 valence electrons. The minimum absolute atomic E-state index is 0.217. The topological polar surface area (TPSA) is 63.5 Å². The van der Waals surface area contributed by atoms with Crippen LogP contribution in [0.2, 0.25) is 0 Å². The summed E-state index contributed by atoms with van der Waals surface area (Å²) in [7, 11) is 1.58. The second-order valence-corrected chi connectivity index (χ2v) is 4.82.